The standard InChI is InChI=1S/C22H27NO3/c1-4-6-11-26-22(25)21-14(3)20-18(23-21)12-17(13-19(20)24)16-9-7-15(5-2)8-10-16/h7-10,17,23H,4-6,11-13H2,1-3H3/t17-/m1/s1. The zero-order valence-corrected chi connectivity index (χ0v) is 15.9. The molecule has 0 radical (unpaired) electrons. The monoisotopic (exact) mass is 353 g/mol. The van der Waals surface area contributed by atoms with E-state index in [1.165, 1.54) is 11.1 Å². The molecule has 0 bridgehead atoms. The van der Waals surface area contributed by atoms with Crippen LogP contribution in [0.5, 0.6) is 0 Å². The van der Waals surface area contributed by atoms with Crippen molar-refractivity contribution in [3.05, 3.63) is 57.9 Å². The number of hydrogen-bond donors (Lipinski definition) is 1. The first-order valence-electron chi connectivity index (χ1n) is 9.55. The summed E-state index contributed by atoms with van der Waals surface area (Å²) in [7, 11) is 0. The SMILES string of the molecule is CCCCOC(=O)c1[nH]c2c(c1C)C(=O)C[C@H](c1ccc(CC)cc1)C2. The fourth-order valence-electron chi connectivity index (χ4n) is 3.68. The van der Waals surface area contributed by atoms with Gasteiger partial charge in [-0.05, 0) is 48.8 Å². The minimum absolute atomic E-state index is 0.108. The maximum Gasteiger partial charge on any atom is 0.355 e. The van der Waals surface area contributed by atoms with E-state index in [1.807, 2.05) is 6.92 Å². The van der Waals surface area contributed by atoms with E-state index in [1.54, 1.807) is 0 Å². The number of esters is 1. The minimum Gasteiger partial charge on any atom is -0.461 e. The molecule has 0 spiro atoms. The molecule has 0 saturated heterocycles. The Hall–Kier alpha value is -2.36. The molecule has 3 rings (SSSR count). The van der Waals surface area contributed by atoms with E-state index in [0.717, 1.165) is 36.9 Å². The van der Waals surface area contributed by atoms with Crippen LogP contribution in [0.1, 0.15) is 82.3 Å². The maximum atomic E-state index is 12.7. The number of benzene rings is 1. The molecule has 0 amide bonds. The number of unbranched alkanes of at least 4 members (excludes halogenated alkanes) is 1. The maximum absolute atomic E-state index is 12.7. The predicted molar refractivity (Wildman–Crippen MR) is 102 cm³/mol. The van der Waals surface area contributed by atoms with Gasteiger partial charge in [0, 0.05) is 17.7 Å². The smallest absolute Gasteiger partial charge is 0.355 e. The Kier molecular flexibility index (Phi) is 5.60. The number of fused-ring (bicyclic) bond motifs is 1. The summed E-state index contributed by atoms with van der Waals surface area (Å²) in [5.41, 5.74) is 5.19. The highest BCUT2D eigenvalue weighted by Crippen LogP contribution is 2.35. The van der Waals surface area contributed by atoms with Crippen molar-refractivity contribution in [2.75, 3.05) is 6.61 Å². The van der Waals surface area contributed by atoms with E-state index in [2.05, 4.69) is 43.1 Å². The summed E-state index contributed by atoms with van der Waals surface area (Å²) in [6.07, 6.45) is 4.06. The van der Waals surface area contributed by atoms with E-state index in [4.69, 9.17) is 4.74 Å². The molecule has 1 aliphatic rings. The minimum atomic E-state index is -0.359. The highest BCUT2D eigenvalue weighted by molar-refractivity contribution is 6.03. The fourth-order valence-corrected chi connectivity index (χ4v) is 3.68. The highest BCUT2D eigenvalue weighted by Gasteiger charge is 2.32. The molecule has 138 valence electrons. The van der Waals surface area contributed by atoms with Crippen molar-refractivity contribution in [3.8, 4) is 0 Å². The van der Waals surface area contributed by atoms with Crippen LogP contribution in [-0.2, 0) is 17.6 Å². The molecule has 1 atom stereocenters. The second kappa shape index (κ2) is 7.90. The highest BCUT2D eigenvalue weighted by atomic mass is 16.5. The van der Waals surface area contributed by atoms with Crippen molar-refractivity contribution in [2.24, 2.45) is 0 Å². The van der Waals surface area contributed by atoms with Gasteiger partial charge in [0.25, 0.3) is 0 Å². The van der Waals surface area contributed by atoms with E-state index in [9.17, 15) is 9.59 Å². The molecule has 0 unspecified atom stereocenters. The first-order valence-corrected chi connectivity index (χ1v) is 9.55. The molecule has 4 nitrogen and oxygen atoms in total. The lowest BCUT2D eigenvalue weighted by Gasteiger charge is -2.22. The van der Waals surface area contributed by atoms with Crippen molar-refractivity contribution in [1.29, 1.82) is 0 Å². The Morgan fingerprint density at radius 3 is 2.58 bits per heavy atom. The predicted octanol–water partition coefficient (Wildman–Crippen LogP) is 4.76. The summed E-state index contributed by atoms with van der Waals surface area (Å²) < 4.78 is 5.32. The molecule has 0 saturated carbocycles. The lowest BCUT2D eigenvalue weighted by molar-refractivity contribution is 0.0492. The van der Waals surface area contributed by atoms with Crippen LogP contribution in [0, 0.1) is 6.92 Å². The summed E-state index contributed by atoms with van der Waals surface area (Å²) in [6.45, 7) is 6.44. The van der Waals surface area contributed by atoms with Gasteiger partial charge in [0.2, 0.25) is 0 Å². The van der Waals surface area contributed by atoms with Crippen LogP contribution in [0.25, 0.3) is 0 Å². The number of nitrogens with one attached hydrogen (secondary N) is 1. The van der Waals surface area contributed by atoms with Gasteiger partial charge in [-0.1, -0.05) is 44.5 Å². The molecule has 26 heavy (non-hydrogen) atoms. The van der Waals surface area contributed by atoms with Crippen molar-refractivity contribution >= 4 is 11.8 Å². The van der Waals surface area contributed by atoms with Gasteiger partial charge in [-0.15, -0.1) is 0 Å². The molecule has 1 aliphatic carbocycles. The largest absolute Gasteiger partial charge is 0.461 e. The first-order chi connectivity index (χ1) is 12.5. The lowest BCUT2D eigenvalue weighted by atomic mass is 9.81. The first kappa shape index (κ1) is 18.4. The van der Waals surface area contributed by atoms with Crippen molar-refractivity contribution in [3.63, 3.8) is 0 Å². The average molecular weight is 353 g/mol. The molecule has 4 heteroatoms. The summed E-state index contributed by atoms with van der Waals surface area (Å²) in [5, 5.41) is 0. The Labute approximate surface area is 155 Å². The third-order valence-electron chi connectivity index (χ3n) is 5.28. The third-order valence-corrected chi connectivity index (χ3v) is 5.28. The number of H-pyrrole nitrogens is 1. The second-order valence-corrected chi connectivity index (χ2v) is 7.09. The molecule has 0 aliphatic heterocycles. The summed E-state index contributed by atoms with van der Waals surface area (Å²) in [4.78, 5) is 28.2. The molecule has 1 aromatic carbocycles. The van der Waals surface area contributed by atoms with E-state index in [-0.39, 0.29) is 17.7 Å². The van der Waals surface area contributed by atoms with E-state index < -0.39 is 0 Å². The van der Waals surface area contributed by atoms with Gasteiger partial charge in [0.15, 0.2) is 5.78 Å². The van der Waals surface area contributed by atoms with Gasteiger partial charge < -0.3 is 9.72 Å². The van der Waals surface area contributed by atoms with Crippen LogP contribution in [0.4, 0.5) is 0 Å². The number of aromatic nitrogens is 1. The van der Waals surface area contributed by atoms with Crippen molar-refractivity contribution < 1.29 is 14.3 Å². The number of ether oxygens (including phenoxy) is 1. The summed E-state index contributed by atoms with van der Waals surface area (Å²) in [5.74, 6) is -0.0953. The molecule has 1 aromatic heterocycles. The lowest BCUT2D eigenvalue weighted by Crippen LogP contribution is -2.18. The van der Waals surface area contributed by atoms with Crippen LogP contribution in [0.3, 0.4) is 0 Å². The van der Waals surface area contributed by atoms with Gasteiger partial charge in [0.1, 0.15) is 5.69 Å². The zero-order valence-electron chi connectivity index (χ0n) is 15.9. The molecular weight excluding hydrogens is 326 g/mol. The van der Waals surface area contributed by atoms with E-state index >= 15 is 0 Å². The fraction of sp³-hybridized carbons (Fsp3) is 0.455. The number of Topliss-reactive ketones (excluding diaryl/α,β-unsaturated/α-hetero) is 1. The van der Waals surface area contributed by atoms with Crippen LogP contribution in [0.15, 0.2) is 24.3 Å². The van der Waals surface area contributed by atoms with Gasteiger partial charge >= 0.3 is 5.97 Å². The Balaban J connectivity index is 1.82. The summed E-state index contributed by atoms with van der Waals surface area (Å²) in [6, 6.07) is 8.51. The van der Waals surface area contributed by atoms with Gasteiger partial charge in [-0.3, -0.25) is 4.79 Å². The van der Waals surface area contributed by atoms with Crippen molar-refractivity contribution in [1.82, 2.24) is 4.98 Å². The van der Waals surface area contributed by atoms with Gasteiger partial charge in [0.05, 0.1) is 6.61 Å². The van der Waals surface area contributed by atoms with Crippen LogP contribution in [0.2, 0.25) is 0 Å². The number of carbonyl (C=O) groups excluding carboxylic acids is 2. The number of carbonyl (C=O) groups is 2. The summed E-state index contributed by atoms with van der Waals surface area (Å²) >= 11 is 0. The Bertz CT molecular complexity index is 802. The van der Waals surface area contributed by atoms with Gasteiger partial charge in [-0.25, -0.2) is 4.79 Å². The normalized spacial score (nSPS) is 16.4. The van der Waals surface area contributed by atoms with Gasteiger partial charge in [-0.2, -0.15) is 0 Å². The average Bonchev–Trinajstić information content (AvgIpc) is 2.99. The number of aryl methyl sites for hydroxylation is 1. The number of rotatable bonds is 6. The molecule has 1 heterocycles. The molecular formula is C22H27NO3. The molecule has 0 fully saturated rings. The molecule has 2 aromatic rings. The number of aromatic amines is 1. The Morgan fingerprint density at radius 2 is 1.92 bits per heavy atom. The Morgan fingerprint density at radius 1 is 1.19 bits per heavy atom. The van der Waals surface area contributed by atoms with E-state index in [0.29, 0.717) is 24.3 Å². The topological polar surface area (TPSA) is 59.2 Å². The van der Waals surface area contributed by atoms with Crippen LogP contribution >= 0.6 is 0 Å². The zero-order chi connectivity index (χ0) is 18.7. The van der Waals surface area contributed by atoms with Crippen molar-refractivity contribution in [2.45, 2.75) is 58.8 Å². The van der Waals surface area contributed by atoms with Crippen LogP contribution in [-0.4, -0.2) is 23.3 Å². The quantitative estimate of drug-likeness (QED) is 0.602. The number of ketones is 1. The number of hydrogen-bond acceptors (Lipinski definition) is 3. The molecule has 1 N–H and O–H groups in total. The second-order valence-electron chi connectivity index (χ2n) is 7.09. The third kappa shape index (κ3) is 3.59. The van der Waals surface area contributed by atoms with Crippen LogP contribution < -0.4 is 0 Å².